The topological polar surface area (TPSA) is 50.7 Å². The third-order valence-corrected chi connectivity index (χ3v) is 4.65. The average molecular weight is 293 g/mol. The van der Waals surface area contributed by atoms with Gasteiger partial charge in [0, 0.05) is 35.8 Å². The van der Waals surface area contributed by atoms with Crippen LogP contribution in [0.3, 0.4) is 0 Å². The molecule has 1 aliphatic rings. The summed E-state index contributed by atoms with van der Waals surface area (Å²) in [6.45, 7) is 3.01. The summed E-state index contributed by atoms with van der Waals surface area (Å²) in [5.41, 5.74) is 5.53. The zero-order chi connectivity index (χ0) is 15.1. The van der Waals surface area contributed by atoms with Gasteiger partial charge >= 0.3 is 0 Å². The van der Waals surface area contributed by atoms with Crippen molar-refractivity contribution in [1.29, 1.82) is 0 Å². The number of benzene rings is 1. The van der Waals surface area contributed by atoms with Crippen LogP contribution in [0.1, 0.15) is 40.2 Å². The van der Waals surface area contributed by atoms with E-state index >= 15 is 0 Å². The normalized spacial score (nSPS) is 13.7. The van der Waals surface area contributed by atoms with E-state index < -0.39 is 0 Å². The lowest BCUT2D eigenvalue weighted by atomic mass is 10.00. The third-order valence-electron chi connectivity index (χ3n) is 4.65. The van der Waals surface area contributed by atoms with Gasteiger partial charge in [-0.05, 0) is 31.7 Å². The molecule has 2 aromatic heterocycles. The minimum absolute atomic E-state index is 0.213. The van der Waals surface area contributed by atoms with Crippen LogP contribution in [0.2, 0.25) is 0 Å². The van der Waals surface area contributed by atoms with Gasteiger partial charge in [0.2, 0.25) is 0 Å². The Labute approximate surface area is 129 Å². The highest BCUT2D eigenvalue weighted by Gasteiger charge is 2.19. The molecule has 0 bridgehead atoms. The number of nitrogens with one attached hydrogen (secondary N) is 1. The molecule has 1 N–H and O–H groups in total. The first-order valence-corrected chi connectivity index (χ1v) is 7.87. The second-order valence-electron chi connectivity index (χ2n) is 6.05. The first-order valence-electron chi connectivity index (χ1n) is 7.87. The van der Waals surface area contributed by atoms with E-state index in [-0.39, 0.29) is 5.78 Å². The Balaban J connectivity index is 1.65. The van der Waals surface area contributed by atoms with Gasteiger partial charge in [0.1, 0.15) is 0 Å². The Hall–Kier alpha value is -2.36. The van der Waals surface area contributed by atoms with Gasteiger partial charge in [-0.2, -0.15) is 0 Å². The third kappa shape index (κ3) is 2.06. The Morgan fingerprint density at radius 3 is 3.14 bits per heavy atom. The first-order chi connectivity index (χ1) is 10.7. The summed E-state index contributed by atoms with van der Waals surface area (Å²) >= 11 is 0. The Morgan fingerprint density at radius 2 is 2.32 bits per heavy atom. The van der Waals surface area contributed by atoms with E-state index in [1.807, 2.05) is 13.1 Å². The second-order valence-corrected chi connectivity index (χ2v) is 6.05. The summed E-state index contributed by atoms with van der Waals surface area (Å²) < 4.78 is 2.25. The van der Waals surface area contributed by atoms with Crippen LogP contribution < -0.4 is 0 Å². The standard InChI is InChI=1S/C18H19N3O/c1-12-16(20-11-19-12)7-8-17(22)15-10-21-9-3-5-13-4-2-6-14(15)18(13)21/h2,4,6,10-11H,3,5,7-9H2,1H3,(H,19,20). The van der Waals surface area contributed by atoms with Gasteiger partial charge in [-0.1, -0.05) is 18.2 Å². The summed E-state index contributed by atoms with van der Waals surface area (Å²) in [5, 5.41) is 1.11. The van der Waals surface area contributed by atoms with Crippen molar-refractivity contribution in [3.8, 4) is 0 Å². The van der Waals surface area contributed by atoms with Crippen LogP contribution in [0.15, 0.2) is 30.7 Å². The molecule has 112 valence electrons. The number of hydrogen-bond donors (Lipinski definition) is 1. The minimum Gasteiger partial charge on any atom is -0.348 e. The molecule has 1 aliphatic heterocycles. The number of nitrogens with zero attached hydrogens (tertiary/aromatic N) is 2. The van der Waals surface area contributed by atoms with E-state index in [2.05, 4.69) is 32.7 Å². The molecule has 0 atom stereocenters. The van der Waals surface area contributed by atoms with E-state index in [0.717, 1.165) is 41.7 Å². The van der Waals surface area contributed by atoms with Gasteiger partial charge in [0.05, 0.1) is 17.5 Å². The zero-order valence-electron chi connectivity index (χ0n) is 12.7. The van der Waals surface area contributed by atoms with Crippen molar-refractivity contribution in [2.75, 3.05) is 0 Å². The maximum atomic E-state index is 12.7. The average Bonchev–Trinajstić information content (AvgIpc) is 3.11. The van der Waals surface area contributed by atoms with Crippen LogP contribution in [-0.2, 0) is 19.4 Å². The quantitative estimate of drug-likeness (QED) is 0.749. The highest BCUT2D eigenvalue weighted by atomic mass is 16.1. The van der Waals surface area contributed by atoms with Gasteiger partial charge in [0.25, 0.3) is 0 Å². The number of aromatic nitrogens is 3. The van der Waals surface area contributed by atoms with E-state index in [4.69, 9.17) is 0 Å². The summed E-state index contributed by atoms with van der Waals surface area (Å²) in [5.74, 6) is 0.213. The fourth-order valence-corrected chi connectivity index (χ4v) is 3.48. The van der Waals surface area contributed by atoms with Crippen LogP contribution in [0, 0.1) is 6.92 Å². The van der Waals surface area contributed by atoms with E-state index in [9.17, 15) is 4.79 Å². The Kier molecular flexibility index (Phi) is 3.10. The van der Waals surface area contributed by atoms with E-state index in [1.54, 1.807) is 6.33 Å². The largest absolute Gasteiger partial charge is 0.348 e. The van der Waals surface area contributed by atoms with E-state index in [0.29, 0.717) is 12.8 Å². The summed E-state index contributed by atoms with van der Waals surface area (Å²) in [6, 6.07) is 6.33. The molecule has 1 aromatic carbocycles. The molecule has 4 rings (SSSR count). The molecule has 0 saturated heterocycles. The summed E-state index contributed by atoms with van der Waals surface area (Å²) in [4.78, 5) is 20.0. The van der Waals surface area contributed by atoms with Gasteiger partial charge < -0.3 is 9.55 Å². The molecule has 0 fully saturated rings. The smallest absolute Gasteiger partial charge is 0.165 e. The monoisotopic (exact) mass is 293 g/mol. The zero-order valence-corrected chi connectivity index (χ0v) is 12.7. The van der Waals surface area contributed by atoms with Crippen molar-refractivity contribution in [3.63, 3.8) is 0 Å². The van der Waals surface area contributed by atoms with Crippen molar-refractivity contribution in [1.82, 2.24) is 14.5 Å². The van der Waals surface area contributed by atoms with Crippen LogP contribution >= 0.6 is 0 Å². The van der Waals surface area contributed by atoms with Gasteiger partial charge in [-0.3, -0.25) is 4.79 Å². The van der Waals surface area contributed by atoms with Gasteiger partial charge in [0.15, 0.2) is 5.78 Å². The van der Waals surface area contributed by atoms with Crippen molar-refractivity contribution in [2.24, 2.45) is 0 Å². The lowest BCUT2D eigenvalue weighted by Gasteiger charge is -2.14. The molecule has 3 heterocycles. The number of H-pyrrole nitrogens is 1. The fourth-order valence-electron chi connectivity index (χ4n) is 3.48. The second kappa shape index (κ2) is 5.13. The summed E-state index contributed by atoms with van der Waals surface area (Å²) in [6.07, 6.45) is 7.21. The molecule has 0 aliphatic carbocycles. The first kappa shape index (κ1) is 13.3. The van der Waals surface area contributed by atoms with Crippen molar-refractivity contribution in [2.45, 2.75) is 39.2 Å². The highest BCUT2D eigenvalue weighted by molar-refractivity contribution is 6.08. The molecular weight excluding hydrogens is 274 g/mol. The lowest BCUT2D eigenvalue weighted by Crippen LogP contribution is -2.05. The number of para-hydroxylation sites is 1. The number of ketones is 1. The maximum Gasteiger partial charge on any atom is 0.165 e. The number of carbonyl (C=O) groups is 1. The number of carbonyl (C=O) groups excluding carboxylic acids is 1. The number of Topliss-reactive ketones (excluding diaryl/α,β-unsaturated/α-hetero) is 1. The molecule has 0 amide bonds. The van der Waals surface area contributed by atoms with Crippen molar-refractivity contribution < 1.29 is 4.79 Å². The molecule has 0 unspecified atom stereocenters. The molecule has 3 aromatic rings. The molecule has 0 radical (unpaired) electrons. The number of aromatic amines is 1. The van der Waals surface area contributed by atoms with Gasteiger partial charge in [-0.25, -0.2) is 4.98 Å². The number of imidazole rings is 1. The van der Waals surface area contributed by atoms with Crippen LogP contribution in [0.25, 0.3) is 10.9 Å². The Bertz CT molecular complexity index is 856. The van der Waals surface area contributed by atoms with Crippen LogP contribution in [-0.4, -0.2) is 20.3 Å². The number of aryl methyl sites for hydroxylation is 4. The minimum atomic E-state index is 0.213. The van der Waals surface area contributed by atoms with E-state index in [1.165, 1.54) is 11.1 Å². The lowest BCUT2D eigenvalue weighted by molar-refractivity contribution is 0.0984. The molecule has 4 heteroatoms. The Morgan fingerprint density at radius 1 is 1.41 bits per heavy atom. The number of hydrogen-bond acceptors (Lipinski definition) is 2. The maximum absolute atomic E-state index is 12.7. The molecular formula is C18H19N3O. The molecule has 22 heavy (non-hydrogen) atoms. The van der Waals surface area contributed by atoms with Crippen LogP contribution in [0.5, 0.6) is 0 Å². The molecule has 0 saturated carbocycles. The van der Waals surface area contributed by atoms with Crippen LogP contribution in [0.4, 0.5) is 0 Å². The molecule has 0 spiro atoms. The highest BCUT2D eigenvalue weighted by Crippen LogP contribution is 2.30. The number of rotatable bonds is 4. The fraction of sp³-hybridized carbons (Fsp3) is 0.333. The van der Waals surface area contributed by atoms with Gasteiger partial charge in [-0.15, -0.1) is 0 Å². The predicted octanol–water partition coefficient (Wildman–Crippen LogP) is 3.43. The predicted molar refractivity (Wildman–Crippen MR) is 86.2 cm³/mol. The SMILES string of the molecule is Cc1[nH]cnc1CCC(=O)c1cn2c3c(cccc13)CCC2. The summed E-state index contributed by atoms with van der Waals surface area (Å²) in [7, 11) is 0. The van der Waals surface area contributed by atoms with Crippen molar-refractivity contribution >= 4 is 16.7 Å². The molecule has 4 nitrogen and oxygen atoms in total. The van der Waals surface area contributed by atoms with Crippen molar-refractivity contribution in [3.05, 3.63) is 53.2 Å².